The van der Waals surface area contributed by atoms with Gasteiger partial charge in [-0.15, -0.1) is 0 Å². The van der Waals surface area contributed by atoms with Gasteiger partial charge in [0.1, 0.15) is 0 Å². The smallest absolute Gasteiger partial charge is 0.320 e. The van der Waals surface area contributed by atoms with Crippen molar-refractivity contribution in [3.63, 3.8) is 0 Å². The highest BCUT2D eigenvalue weighted by atomic mass is 19.4. The Morgan fingerprint density at radius 3 is 2.16 bits per heavy atom. The lowest BCUT2D eigenvalue weighted by molar-refractivity contribution is -0.141. The van der Waals surface area contributed by atoms with E-state index < -0.39 is 36.2 Å². The van der Waals surface area contributed by atoms with Crippen molar-refractivity contribution < 1.29 is 22.0 Å². The van der Waals surface area contributed by atoms with Crippen molar-refractivity contribution in [1.29, 1.82) is 0 Å². The molecule has 1 saturated carbocycles. The van der Waals surface area contributed by atoms with Crippen LogP contribution in [0.25, 0.3) is 0 Å². The van der Waals surface area contributed by atoms with E-state index in [1.165, 1.54) is 7.05 Å². The van der Waals surface area contributed by atoms with E-state index in [0.717, 1.165) is 10.7 Å². The third kappa shape index (κ3) is 2.72. The second-order valence-corrected chi connectivity index (χ2v) is 5.05. The summed E-state index contributed by atoms with van der Waals surface area (Å²) in [6, 6.07) is 0.851. The van der Waals surface area contributed by atoms with Crippen LogP contribution in [0.15, 0.2) is 6.07 Å². The van der Waals surface area contributed by atoms with Crippen molar-refractivity contribution in [1.82, 2.24) is 9.78 Å². The quantitative estimate of drug-likeness (QED) is 0.805. The molecule has 8 heteroatoms. The molecule has 0 atom stereocenters. The minimum absolute atomic E-state index is 0.0587. The van der Waals surface area contributed by atoms with Crippen molar-refractivity contribution in [2.45, 2.75) is 43.3 Å². The summed E-state index contributed by atoms with van der Waals surface area (Å²) >= 11 is 0. The third-order valence-corrected chi connectivity index (χ3v) is 3.55. The summed E-state index contributed by atoms with van der Waals surface area (Å²) in [6.45, 7) is 0. The summed E-state index contributed by atoms with van der Waals surface area (Å²) in [5, 5.41) is 3.36. The SMILES string of the molecule is Cn1nc(C(F)(F)F)cc1C1(N)CCC(F)(F)CC1. The van der Waals surface area contributed by atoms with E-state index >= 15 is 0 Å². The van der Waals surface area contributed by atoms with Crippen LogP contribution in [0.4, 0.5) is 22.0 Å². The maximum atomic E-state index is 13.1. The fourth-order valence-corrected chi connectivity index (χ4v) is 2.39. The molecule has 0 amide bonds. The Morgan fingerprint density at radius 1 is 1.21 bits per heavy atom. The first-order valence-corrected chi connectivity index (χ1v) is 5.82. The maximum absolute atomic E-state index is 13.1. The molecule has 0 saturated heterocycles. The highest BCUT2D eigenvalue weighted by Crippen LogP contribution is 2.43. The summed E-state index contributed by atoms with van der Waals surface area (Å²) in [7, 11) is 1.34. The molecule has 1 fully saturated rings. The summed E-state index contributed by atoms with van der Waals surface area (Å²) < 4.78 is 64.9. The van der Waals surface area contributed by atoms with E-state index in [-0.39, 0.29) is 18.5 Å². The molecule has 1 aliphatic rings. The Hall–Kier alpha value is -1.18. The molecule has 1 aromatic heterocycles. The molecule has 1 heterocycles. The number of halogens is 5. The van der Waals surface area contributed by atoms with E-state index in [0.29, 0.717) is 0 Å². The predicted octanol–water partition coefficient (Wildman–Crippen LogP) is 2.80. The van der Waals surface area contributed by atoms with Gasteiger partial charge in [-0.2, -0.15) is 18.3 Å². The molecule has 3 nitrogen and oxygen atoms in total. The normalized spacial score (nSPS) is 22.5. The molecule has 1 aliphatic carbocycles. The van der Waals surface area contributed by atoms with Gasteiger partial charge in [-0.25, -0.2) is 8.78 Å². The predicted molar refractivity (Wildman–Crippen MR) is 57.5 cm³/mol. The first-order valence-electron chi connectivity index (χ1n) is 5.82. The van der Waals surface area contributed by atoms with Crippen LogP contribution in [0, 0.1) is 0 Å². The molecular formula is C11H14F5N3. The molecule has 1 aromatic rings. The Morgan fingerprint density at radius 2 is 1.74 bits per heavy atom. The standard InChI is InChI=1S/C11H14F5N3/c1-19-8(6-7(18-19)11(14,15)16)9(17)2-4-10(12,13)5-3-9/h6H,2-5,17H2,1H3. The zero-order valence-corrected chi connectivity index (χ0v) is 10.3. The van der Waals surface area contributed by atoms with Crippen LogP contribution in [-0.2, 0) is 18.8 Å². The molecule has 0 aromatic carbocycles. The average molecular weight is 283 g/mol. The van der Waals surface area contributed by atoms with Crippen LogP contribution in [-0.4, -0.2) is 15.7 Å². The number of rotatable bonds is 1. The van der Waals surface area contributed by atoms with Crippen LogP contribution >= 0.6 is 0 Å². The number of nitrogens with two attached hydrogens (primary N) is 1. The van der Waals surface area contributed by atoms with Gasteiger partial charge in [0, 0.05) is 19.9 Å². The number of aromatic nitrogens is 2. The highest BCUT2D eigenvalue weighted by Gasteiger charge is 2.45. The zero-order chi connectivity index (χ0) is 14.5. The molecule has 0 radical (unpaired) electrons. The fraction of sp³-hybridized carbons (Fsp3) is 0.727. The number of hydrogen-bond acceptors (Lipinski definition) is 2. The molecule has 0 bridgehead atoms. The zero-order valence-electron chi connectivity index (χ0n) is 10.3. The minimum Gasteiger partial charge on any atom is -0.320 e. The first kappa shape index (κ1) is 14.2. The fourth-order valence-electron chi connectivity index (χ4n) is 2.39. The van der Waals surface area contributed by atoms with Gasteiger partial charge in [-0.1, -0.05) is 0 Å². The molecule has 2 N–H and O–H groups in total. The summed E-state index contributed by atoms with van der Waals surface area (Å²) in [5.74, 6) is -2.78. The monoisotopic (exact) mass is 283 g/mol. The second-order valence-electron chi connectivity index (χ2n) is 5.05. The molecule has 0 unspecified atom stereocenters. The van der Waals surface area contributed by atoms with E-state index in [1.54, 1.807) is 0 Å². The van der Waals surface area contributed by atoms with Gasteiger partial charge in [0.2, 0.25) is 5.92 Å². The van der Waals surface area contributed by atoms with Crippen molar-refractivity contribution in [3.8, 4) is 0 Å². The Labute approximate surface area is 106 Å². The average Bonchev–Trinajstić information content (AvgIpc) is 2.66. The van der Waals surface area contributed by atoms with Crippen LogP contribution in [0.2, 0.25) is 0 Å². The minimum atomic E-state index is -4.56. The van der Waals surface area contributed by atoms with E-state index in [4.69, 9.17) is 5.73 Å². The van der Waals surface area contributed by atoms with Crippen molar-refractivity contribution in [2.75, 3.05) is 0 Å². The Bertz CT molecular complexity index is 467. The van der Waals surface area contributed by atoms with Gasteiger partial charge < -0.3 is 5.73 Å². The largest absolute Gasteiger partial charge is 0.435 e. The van der Waals surface area contributed by atoms with Crippen LogP contribution < -0.4 is 5.73 Å². The Kier molecular flexibility index (Phi) is 3.11. The summed E-state index contributed by atoms with van der Waals surface area (Å²) in [6.07, 6.45) is -5.52. The molecular weight excluding hydrogens is 269 g/mol. The Balaban J connectivity index is 2.30. The number of alkyl halides is 5. The number of hydrogen-bond donors (Lipinski definition) is 1. The maximum Gasteiger partial charge on any atom is 0.435 e. The molecule has 0 spiro atoms. The molecule has 19 heavy (non-hydrogen) atoms. The first-order chi connectivity index (χ1) is 8.54. The van der Waals surface area contributed by atoms with E-state index in [2.05, 4.69) is 5.10 Å². The van der Waals surface area contributed by atoms with Gasteiger partial charge in [0.25, 0.3) is 0 Å². The van der Waals surface area contributed by atoms with Gasteiger partial charge in [-0.3, -0.25) is 4.68 Å². The van der Waals surface area contributed by atoms with Crippen LogP contribution in [0.3, 0.4) is 0 Å². The van der Waals surface area contributed by atoms with Crippen molar-refractivity contribution in [3.05, 3.63) is 17.5 Å². The van der Waals surface area contributed by atoms with E-state index in [9.17, 15) is 22.0 Å². The highest BCUT2D eigenvalue weighted by molar-refractivity contribution is 5.22. The lowest BCUT2D eigenvalue weighted by Gasteiger charge is -2.36. The van der Waals surface area contributed by atoms with Gasteiger partial charge in [0.15, 0.2) is 5.69 Å². The topological polar surface area (TPSA) is 43.8 Å². The molecule has 108 valence electrons. The van der Waals surface area contributed by atoms with E-state index in [1.807, 2.05) is 0 Å². The van der Waals surface area contributed by atoms with Crippen LogP contribution in [0.5, 0.6) is 0 Å². The number of nitrogens with zero attached hydrogens (tertiary/aromatic N) is 2. The van der Waals surface area contributed by atoms with Gasteiger partial charge in [0.05, 0.1) is 11.2 Å². The number of aryl methyl sites for hydroxylation is 1. The third-order valence-electron chi connectivity index (χ3n) is 3.55. The lowest BCUT2D eigenvalue weighted by atomic mass is 9.78. The summed E-state index contributed by atoms with van der Waals surface area (Å²) in [5.41, 5.74) is 3.92. The van der Waals surface area contributed by atoms with Crippen molar-refractivity contribution in [2.24, 2.45) is 12.8 Å². The second kappa shape index (κ2) is 4.16. The van der Waals surface area contributed by atoms with Gasteiger partial charge in [-0.05, 0) is 18.9 Å². The molecule has 0 aliphatic heterocycles. The summed E-state index contributed by atoms with van der Waals surface area (Å²) in [4.78, 5) is 0. The van der Waals surface area contributed by atoms with Crippen molar-refractivity contribution >= 4 is 0 Å². The lowest BCUT2D eigenvalue weighted by Crippen LogP contribution is -2.44. The van der Waals surface area contributed by atoms with Gasteiger partial charge >= 0.3 is 6.18 Å². The van der Waals surface area contributed by atoms with Crippen LogP contribution in [0.1, 0.15) is 37.1 Å². The molecule has 2 rings (SSSR count).